The average Bonchev–Trinajstić information content (AvgIpc) is 2.64. The number of ether oxygens (including phenoxy) is 1. The van der Waals surface area contributed by atoms with Gasteiger partial charge in [0.2, 0.25) is 5.91 Å². The molecule has 0 aliphatic heterocycles. The third-order valence-electron chi connectivity index (χ3n) is 4.03. The van der Waals surface area contributed by atoms with E-state index in [-0.39, 0.29) is 5.91 Å². The molecule has 0 bridgehead atoms. The molecule has 1 aromatic carbocycles. The normalized spacial score (nSPS) is 11.6. The maximum atomic E-state index is 12.1. The minimum absolute atomic E-state index is 0.0908. The number of anilines is 1. The van der Waals surface area contributed by atoms with E-state index in [0.717, 1.165) is 38.2 Å². The number of carbonyl (C=O) groups excluding carboxylic acids is 1. The summed E-state index contributed by atoms with van der Waals surface area (Å²) in [6.07, 6.45) is 1.33. The number of nitrogens with one attached hydrogen (secondary N) is 3. The van der Waals surface area contributed by atoms with Gasteiger partial charge in [-0.25, -0.2) is 0 Å². The first-order valence-corrected chi connectivity index (χ1v) is 10.1. The van der Waals surface area contributed by atoms with Gasteiger partial charge in [0, 0.05) is 46.3 Å². The van der Waals surface area contributed by atoms with E-state index < -0.39 is 0 Å². The Bertz CT molecular complexity index is 625. The predicted octanol–water partition coefficient (Wildman–Crippen LogP) is 2.50. The summed E-state index contributed by atoms with van der Waals surface area (Å²) in [4.78, 5) is 18.9. The fourth-order valence-corrected chi connectivity index (χ4v) is 2.78. The van der Waals surface area contributed by atoms with Gasteiger partial charge in [0.1, 0.15) is 0 Å². The summed E-state index contributed by atoms with van der Waals surface area (Å²) in [6, 6.07) is 5.57. The highest BCUT2D eigenvalue weighted by atomic mass is 35.5. The molecule has 1 amide bonds. The van der Waals surface area contributed by atoms with Crippen molar-refractivity contribution in [2.75, 3.05) is 58.8 Å². The summed E-state index contributed by atoms with van der Waals surface area (Å²) in [5.74, 6) is 0.626. The molecule has 0 unspecified atom stereocenters. The maximum Gasteiger partial charge on any atom is 0.226 e. The van der Waals surface area contributed by atoms with Gasteiger partial charge < -0.3 is 25.6 Å². The molecular weight excluding hydrogens is 378 g/mol. The van der Waals surface area contributed by atoms with Crippen molar-refractivity contribution >= 4 is 29.2 Å². The van der Waals surface area contributed by atoms with Crippen LogP contribution in [0.4, 0.5) is 5.69 Å². The van der Waals surface area contributed by atoms with Crippen LogP contribution in [0.5, 0.6) is 0 Å². The Morgan fingerprint density at radius 1 is 1.29 bits per heavy atom. The Hall–Kier alpha value is -1.83. The number of hydrogen-bond donors (Lipinski definition) is 3. The van der Waals surface area contributed by atoms with Gasteiger partial charge in [-0.1, -0.05) is 17.7 Å². The molecule has 0 aliphatic rings. The first kappa shape index (κ1) is 24.2. The van der Waals surface area contributed by atoms with Gasteiger partial charge in [-0.3, -0.25) is 9.79 Å². The number of carbonyl (C=O) groups is 1. The number of aliphatic imine (C=N–C) groups is 1. The summed E-state index contributed by atoms with van der Waals surface area (Å²) in [5, 5.41) is 9.77. The Morgan fingerprint density at radius 3 is 2.75 bits per heavy atom. The van der Waals surface area contributed by atoms with Gasteiger partial charge in [-0.15, -0.1) is 0 Å². The highest BCUT2D eigenvalue weighted by Crippen LogP contribution is 2.22. The predicted molar refractivity (Wildman–Crippen MR) is 117 cm³/mol. The van der Waals surface area contributed by atoms with E-state index >= 15 is 0 Å². The van der Waals surface area contributed by atoms with Crippen LogP contribution < -0.4 is 16.0 Å². The van der Waals surface area contributed by atoms with Crippen molar-refractivity contribution in [1.29, 1.82) is 0 Å². The SMILES string of the molecule is CCNC(=NCCN(C)CCCOC)NCCC(=O)Nc1ccc(C)cc1Cl. The van der Waals surface area contributed by atoms with Crippen LogP contribution in [0.25, 0.3) is 0 Å². The minimum Gasteiger partial charge on any atom is -0.385 e. The second-order valence-electron chi connectivity index (χ2n) is 6.62. The summed E-state index contributed by atoms with van der Waals surface area (Å²) in [7, 11) is 3.79. The summed E-state index contributed by atoms with van der Waals surface area (Å²) in [5.41, 5.74) is 1.69. The number of nitrogens with zero attached hydrogens (tertiary/aromatic N) is 2. The third kappa shape index (κ3) is 10.5. The van der Waals surface area contributed by atoms with Crippen LogP contribution in [0, 0.1) is 6.92 Å². The zero-order valence-corrected chi connectivity index (χ0v) is 18.2. The number of hydrogen-bond acceptors (Lipinski definition) is 4. The number of guanidine groups is 1. The van der Waals surface area contributed by atoms with E-state index in [1.807, 2.05) is 32.0 Å². The van der Waals surface area contributed by atoms with E-state index in [4.69, 9.17) is 16.3 Å². The van der Waals surface area contributed by atoms with Gasteiger partial charge in [-0.2, -0.15) is 0 Å². The lowest BCUT2D eigenvalue weighted by Crippen LogP contribution is -2.39. The van der Waals surface area contributed by atoms with Crippen molar-refractivity contribution in [2.24, 2.45) is 4.99 Å². The van der Waals surface area contributed by atoms with Crippen LogP contribution in [0.15, 0.2) is 23.2 Å². The number of halogens is 1. The Labute approximate surface area is 173 Å². The van der Waals surface area contributed by atoms with Crippen LogP contribution in [0.2, 0.25) is 5.02 Å². The fourth-order valence-electron chi connectivity index (χ4n) is 2.49. The van der Waals surface area contributed by atoms with Crippen LogP contribution in [-0.4, -0.2) is 70.3 Å². The number of methoxy groups -OCH3 is 1. The molecule has 0 aliphatic carbocycles. The molecule has 8 heteroatoms. The monoisotopic (exact) mass is 411 g/mol. The van der Waals surface area contributed by atoms with E-state index in [0.29, 0.717) is 36.2 Å². The topological polar surface area (TPSA) is 78.0 Å². The molecule has 0 saturated heterocycles. The summed E-state index contributed by atoms with van der Waals surface area (Å²) in [6.45, 7) is 8.53. The van der Waals surface area contributed by atoms with Crippen LogP contribution >= 0.6 is 11.6 Å². The first-order valence-electron chi connectivity index (χ1n) is 9.72. The van der Waals surface area contributed by atoms with Crippen molar-refractivity contribution < 1.29 is 9.53 Å². The summed E-state index contributed by atoms with van der Waals surface area (Å²) >= 11 is 6.15. The molecular formula is C20H34ClN5O2. The summed E-state index contributed by atoms with van der Waals surface area (Å²) < 4.78 is 5.07. The van der Waals surface area contributed by atoms with Gasteiger partial charge in [0.05, 0.1) is 17.3 Å². The smallest absolute Gasteiger partial charge is 0.226 e. The van der Waals surface area contributed by atoms with Gasteiger partial charge in [-0.05, 0) is 45.0 Å². The van der Waals surface area contributed by atoms with Gasteiger partial charge in [0.15, 0.2) is 5.96 Å². The first-order chi connectivity index (χ1) is 13.5. The van der Waals surface area contributed by atoms with E-state index in [2.05, 4.69) is 32.9 Å². The van der Waals surface area contributed by atoms with Crippen molar-refractivity contribution in [1.82, 2.24) is 15.5 Å². The zero-order chi connectivity index (χ0) is 20.8. The lowest BCUT2D eigenvalue weighted by molar-refractivity contribution is -0.116. The molecule has 3 N–H and O–H groups in total. The van der Waals surface area contributed by atoms with E-state index in [1.165, 1.54) is 0 Å². The number of benzene rings is 1. The van der Waals surface area contributed by atoms with Gasteiger partial charge >= 0.3 is 0 Å². The Balaban J connectivity index is 2.36. The van der Waals surface area contributed by atoms with Crippen LogP contribution in [0.1, 0.15) is 25.3 Å². The molecule has 28 heavy (non-hydrogen) atoms. The largest absolute Gasteiger partial charge is 0.385 e. The van der Waals surface area contributed by atoms with Crippen molar-refractivity contribution in [3.05, 3.63) is 28.8 Å². The second kappa shape index (κ2) is 14.2. The molecule has 0 atom stereocenters. The van der Waals surface area contributed by atoms with E-state index in [9.17, 15) is 4.79 Å². The molecule has 7 nitrogen and oxygen atoms in total. The third-order valence-corrected chi connectivity index (χ3v) is 4.34. The van der Waals surface area contributed by atoms with Gasteiger partial charge in [0.25, 0.3) is 0 Å². The number of amides is 1. The maximum absolute atomic E-state index is 12.1. The quantitative estimate of drug-likeness (QED) is 0.280. The van der Waals surface area contributed by atoms with Crippen molar-refractivity contribution in [3.8, 4) is 0 Å². The number of likely N-dealkylation sites (N-methyl/N-ethyl adjacent to an activating group) is 1. The highest BCUT2D eigenvalue weighted by Gasteiger charge is 2.07. The molecule has 0 aromatic heterocycles. The Kier molecular flexibility index (Phi) is 12.3. The minimum atomic E-state index is -0.0908. The zero-order valence-electron chi connectivity index (χ0n) is 17.5. The fraction of sp³-hybridized carbons (Fsp3) is 0.600. The average molecular weight is 412 g/mol. The van der Waals surface area contributed by atoms with Crippen LogP contribution in [0.3, 0.4) is 0 Å². The van der Waals surface area contributed by atoms with Crippen LogP contribution in [-0.2, 0) is 9.53 Å². The second-order valence-corrected chi connectivity index (χ2v) is 7.03. The number of aryl methyl sites for hydroxylation is 1. The molecule has 1 rings (SSSR count). The van der Waals surface area contributed by atoms with E-state index in [1.54, 1.807) is 7.11 Å². The Morgan fingerprint density at radius 2 is 2.07 bits per heavy atom. The standard InChI is InChI=1S/C20H34ClN5O2/c1-5-22-20(24-11-13-26(3)12-6-14-28-4)23-10-9-19(27)25-18-8-7-16(2)15-17(18)21/h7-8,15H,5-6,9-14H2,1-4H3,(H,25,27)(H2,22,23,24). The molecule has 0 heterocycles. The lowest BCUT2D eigenvalue weighted by atomic mass is 10.2. The highest BCUT2D eigenvalue weighted by molar-refractivity contribution is 6.33. The molecule has 0 fully saturated rings. The van der Waals surface area contributed by atoms with Crippen molar-refractivity contribution in [3.63, 3.8) is 0 Å². The molecule has 158 valence electrons. The molecule has 0 saturated carbocycles. The van der Waals surface area contributed by atoms with Crippen molar-refractivity contribution in [2.45, 2.75) is 26.7 Å². The molecule has 1 aromatic rings. The molecule has 0 radical (unpaired) electrons. The number of rotatable bonds is 12. The molecule has 0 spiro atoms. The lowest BCUT2D eigenvalue weighted by Gasteiger charge is -2.16.